The molecule has 0 aliphatic rings. The number of hydrogen-bond donors (Lipinski definition) is 1. The molecule has 0 radical (unpaired) electrons. The molecule has 0 amide bonds. The van der Waals surface area contributed by atoms with Crippen molar-refractivity contribution in [2.45, 2.75) is 26.3 Å². The van der Waals surface area contributed by atoms with Gasteiger partial charge in [0.15, 0.2) is 0 Å². The second-order valence-corrected chi connectivity index (χ2v) is 4.91. The van der Waals surface area contributed by atoms with E-state index in [1.807, 2.05) is 6.20 Å². The third-order valence-corrected chi connectivity index (χ3v) is 3.25. The van der Waals surface area contributed by atoms with Crippen LogP contribution in [0.1, 0.15) is 19.8 Å². The smallest absolute Gasteiger partial charge is 0.207 e. The van der Waals surface area contributed by atoms with E-state index in [0.717, 1.165) is 31.0 Å². The predicted octanol–water partition coefficient (Wildman–Crippen LogP) is 4.33. The van der Waals surface area contributed by atoms with Crippen LogP contribution in [-0.2, 0) is 6.54 Å². The van der Waals surface area contributed by atoms with Crippen molar-refractivity contribution in [3.05, 3.63) is 40.9 Å². The van der Waals surface area contributed by atoms with Crippen LogP contribution in [0.4, 0.5) is 16.0 Å². The van der Waals surface area contributed by atoms with Gasteiger partial charge in [0.25, 0.3) is 0 Å². The summed E-state index contributed by atoms with van der Waals surface area (Å²) in [7, 11) is 0. The molecule has 0 aliphatic heterocycles. The van der Waals surface area contributed by atoms with Gasteiger partial charge < -0.3 is 9.88 Å². The molecule has 0 fully saturated rings. The van der Waals surface area contributed by atoms with Crippen molar-refractivity contribution in [2.75, 3.05) is 5.32 Å². The van der Waals surface area contributed by atoms with Gasteiger partial charge in [-0.15, -0.1) is 0 Å². The first-order valence-corrected chi connectivity index (χ1v) is 6.73. The molecular weight excluding hydrogens is 297 g/mol. The number of rotatable bonds is 5. The fourth-order valence-electron chi connectivity index (χ4n) is 1.65. The Morgan fingerprint density at radius 1 is 1.44 bits per heavy atom. The number of benzene rings is 1. The number of aryl methyl sites for hydroxylation is 1. The van der Waals surface area contributed by atoms with Crippen LogP contribution in [0.2, 0.25) is 0 Å². The summed E-state index contributed by atoms with van der Waals surface area (Å²) in [6.07, 6.45) is 5.95. The van der Waals surface area contributed by atoms with Gasteiger partial charge in [0.1, 0.15) is 5.82 Å². The van der Waals surface area contributed by atoms with E-state index in [1.54, 1.807) is 18.3 Å². The minimum Gasteiger partial charge on any atom is -0.326 e. The molecule has 1 heterocycles. The Kier molecular flexibility index (Phi) is 4.36. The zero-order chi connectivity index (χ0) is 13.0. The van der Waals surface area contributed by atoms with Gasteiger partial charge in [-0.25, -0.2) is 9.37 Å². The van der Waals surface area contributed by atoms with Crippen molar-refractivity contribution in [2.24, 2.45) is 0 Å². The monoisotopic (exact) mass is 311 g/mol. The highest BCUT2D eigenvalue weighted by Gasteiger charge is 2.05. The lowest BCUT2D eigenvalue weighted by Gasteiger charge is -2.09. The van der Waals surface area contributed by atoms with E-state index in [0.29, 0.717) is 4.47 Å². The molecule has 0 atom stereocenters. The van der Waals surface area contributed by atoms with Crippen LogP contribution in [-0.4, -0.2) is 9.55 Å². The van der Waals surface area contributed by atoms with Crippen LogP contribution in [0, 0.1) is 5.82 Å². The Morgan fingerprint density at radius 3 is 3.00 bits per heavy atom. The molecule has 1 aromatic carbocycles. The predicted molar refractivity (Wildman–Crippen MR) is 74.5 cm³/mol. The Balaban J connectivity index is 2.13. The Labute approximate surface area is 114 Å². The minimum absolute atomic E-state index is 0.269. The van der Waals surface area contributed by atoms with Gasteiger partial charge in [-0.2, -0.15) is 0 Å². The molecule has 0 saturated heterocycles. The fraction of sp³-hybridized carbons (Fsp3) is 0.308. The van der Waals surface area contributed by atoms with Crippen LogP contribution < -0.4 is 5.32 Å². The molecule has 18 heavy (non-hydrogen) atoms. The van der Waals surface area contributed by atoms with E-state index >= 15 is 0 Å². The maximum Gasteiger partial charge on any atom is 0.207 e. The topological polar surface area (TPSA) is 29.9 Å². The summed E-state index contributed by atoms with van der Waals surface area (Å²) in [6, 6.07) is 4.82. The van der Waals surface area contributed by atoms with E-state index in [2.05, 4.69) is 37.7 Å². The largest absolute Gasteiger partial charge is 0.326 e. The first-order chi connectivity index (χ1) is 8.70. The van der Waals surface area contributed by atoms with Gasteiger partial charge in [-0.05, 0) is 40.5 Å². The van der Waals surface area contributed by atoms with E-state index < -0.39 is 0 Å². The van der Waals surface area contributed by atoms with Gasteiger partial charge >= 0.3 is 0 Å². The molecule has 0 spiro atoms. The lowest BCUT2D eigenvalue weighted by Crippen LogP contribution is -2.03. The summed E-state index contributed by atoms with van der Waals surface area (Å²) in [5.74, 6) is 0.511. The molecule has 96 valence electrons. The minimum atomic E-state index is -0.269. The van der Waals surface area contributed by atoms with Crippen molar-refractivity contribution >= 4 is 27.6 Å². The van der Waals surface area contributed by atoms with Crippen molar-refractivity contribution < 1.29 is 4.39 Å². The maximum atomic E-state index is 13.1. The number of hydrogen-bond acceptors (Lipinski definition) is 2. The second-order valence-electron chi connectivity index (χ2n) is 4.05. The number of nitrogens with one attached hydrogen (secondary N) is 1. The molecule has 0 aliphatic carbocycles. The van der Waals surface area contributed by atoms with Gasteiger partial charge in [-0.1, -0.05) is 13.3 Å². The number of halogens is 2. The highest BCUT2D eigenvalue weighted by atomic mass is 79.9. The Bertz CT molecular complexity index is 525. The number of nitrogens with zero attached hydrogens (tertiary/aromatic N) is 2. The van der Waals surface area contributed by atoms with E-state index in [4.69, 9.17) is 0 Å². The number of imidazole rings is 1. The lowest BCUT2D eigenvalue weighted by molar-refractivity contribution is 0.621. The number of anilines is 2. The molecule has 0 saturated carbocycles. The van der Waals surface area contributed by atoms with Gasteiger partial charge in [0, 0.05) is 24.6 Å². The third-order valence-electron chi connectivity index (χ3n) is 2.64. The summed E-state index contributed by atoms with van der Waals surface area (Å²) in [6.45, 7) is 3.09. The van der Waals surface area contributed by atoms with Crippen LogP contribution in [0.25, 0.3) is 0 Å². The first kappa shape index (κ1) is 13.1. The second kappa shape index (κ2) is 6.00. The van der Waals surface area contributed by atoms with E-state index in [9.17, 15) is 4.39 Å². The molecule has 2 rings (SSSR count). The first-order valence-electron chi connectivity index (χ1n) is 5.94. The normalized spacial score (nSPS) is 10.6. The molecule has 1 N–H and O–H groups in total. The van der Waals surface area contributed by atoms with Crippen molar-refractivity contribution in [1.82, 2.24) is 9.55 Å². The van der Waals surface area contributed by atoms with Gasteiger partial charge in [0.05, 0.1) is 4.47 Å². The van der Waals surface area contributed by atoms with Gasteiger partial charge in [0.2, 0.25) is 5.95 Å². The van der Waals surface area contributed by atoms with Crippen molar-refractivity contribution in [1.29, 1.82) is 0 Å². The summed E-state index contributed by atoms with van der Waals surface area (Å²) < 4.78 is 15.6. The van der Waals surface area contributed by atoms with Crippen molar-refractivity contribution in [3.8, 4) is 0 Å². The molecule has 1 aromatic heterocycles. The summed E-state index contributed by atoms with van der Waals surface area (Å²) in [5.41, 5.74) is 0.812. The summed E-state index contributed by atoms with van der Waals surface area (Å²) in [5, 5.41) is 3.18. The molecule has 3 nitrogen and oxygen atoms in total. The summed E-state index contributed by atoms with van der Waals surface area (Å²) in [4.78, 5) is 4.26. The molecule has 5 heteroatoms. The summed E-state index contributed by atoms with van der Waals surface area (Å²) >= 11 is 3.17. The van der Waals surface area contributed by atoms with Gasteiger partial charge in [-0.3, -0.25) is 0 Å². The average molecular weight is 312 g/mol. The zero-order valence-electron chi connectivity index (χ0n) is 10.2. The number of aromatic nitrogens is 2. The molecule has 2 aromatic rings. The lowest BCUT2D eigenvalue weighted by atomic mass is 10.3. The van der Waals surface area contributed by atoms with Crippen LogP contribution >= 0.6 is 15.9 Å². The average Bonchev–Trinajstić information content (AvgIpc) is 2.79. The van der Waals surface area contributed by atoms with Crippen LogP contribution in [0.15, 0.2) is 35.1 Å². The van der Waals surface area contributed by atoms with Crippen LogP contribution in [0.5, 0.6) is 0 Å². The quantitative estimate of drug-likeness (QED) is 0.890. The van der Waals surface area contributed by atoms with E-state index in [1.165, 1.54) is 6.07 Å². The molecule has 0 bridgehead atoms. The highest BCUT2D eigenvalue weighted by molar-refractivity contribution is 9.10. The maximum absolute atomic E-state index is 13.1. The fourth-order valence-corrected chi connectivity index (χ4v) is 2.02. The molecular formula is C13H15BrFN3. The SMILES string of the molecule is CCCCn1ccnc1Nc1ccc(F)c(Br)c1. The Morgan fingerprint density at radius 2 is 2.28 bits per heavy atom. The standard InChI is InChI=1S/C13H15BrFN3/c1-2-3-7-18-8-6-16-13(18)17-10-4-5-12(15)11(14)9-10/h4-6,8-9H,2-3,7H2,1H3,(H,16,17). The number of unbranched alkanes of at least 4 members (excludes halogenated alkanes) is 1. The van der Waals surface area contributed by atoms with Crippen molar-refractivity contribution in [3.63, 3.8) is 0 Å². The van der Waals surface area contributed by atoms with Crippen LogP contribution in [0.3, 0.4) is 0 Å². The zero-order valence-corrected chi connectivity index (χ0v) is 11.7. The molecule has 0 unspecified atom stereocenters. The third kappa shape index (κ3) is 3.10. The highest BCUT2D eigenvalue weighted by Crippen LogP contribution is 2.22. The van der Waals surface area contributed by atoms with E-state index in [-0.39, 0.29) is 5.82 Å². The Hall–Kier alpha value is -1.36.